The number of guanidine groups is 1. The second kappa shape index (κ2) is 9.02. The molecule has 2 aromatic carbocycles. The summed E-state index contributed by atoms with van der Waals surface area (Å²) in [5.41, 5.74) is 2.74. The monoisotopic (exact) mass is 370 g/mol. The van der Waals surface area contributed by atoms with E-state index in [1.165, 1.54) is 6.26 Å². The Kier molecular flexibility index (Phi) is 6.75. The topological polar surface area (TPSA) is 94.3 Å². The predicted molar refractivity (Wildman–Crippen MR) is 103 cm³/mol. The number of hydrogen-bond acceptors (Lipinski definition) is 4. The lowest BCUT2D eigenvalue weighted by atomic mass is 10.1. The summed E-state index contributed by atoms with van der Waals surface area (Å²) >= 11 is 0. The van der Waals surface area contributed by atoms with Gasteiger partial charge in [-0.1, -0.05) is 24.3 Å². The van der Waals surface area contributed by atoms with Crippen molar-refractivity contribution in [2.45, 2.75) is 17.9 Å². The number of hydrogen-bond donors (Lipinski definition) is 2. The van der Waals surface area contributed by atoms with E-state index in [2.05, 4.69) is 21.7 Å². The lowest BCUT2D eigenvalue weighted by molar-refractivity contribution is 0.602. The van der Waals surface area contributed by atoms with Crippen molar-refractivity contribution in [1.29, 1.82) is 5.26 Å². The Balaban J connectivity index is 1.80. The van der Waals surface area contributed by atoms with Crippen LogP contribution in [0.4, 0.5) is 0 Å². The molecule has 0 heterocycles. The van der Waals surface area contributed by atoms with Gasteiger partial charge in [0.15, 0.2) is 15.8 Å². The van der Waals surface area contributed by atoms with E-state index in [1.54, 1.807) is 31.3 Å². The van der Waals surface area contributed by atoms with Gasteiger partial charge >= 0.3 is 0 Å². The summed E-state index contributed by atoms with van der Waals surface area (Å²) in [5.74, 6) is 0.683. The highest BCUT2D eigenvalue weighted by molar-refractivity contribution is 7.90. The standard InChI is InChI=1S/C19H22N4O2S/c1-21-19(23-14-17-5-3-16(13-20)4-6-17)22-12-11-15-7-9-18(10-8-15)26(2,24)25/h3-10H,11-12,14H2,1-2H3,(H2,21,22,23). The van der Waals surface area contributed by atoms with Gasteiger partial charge in [0.1, 0.15) is 0 Å². The van der Waals surface area contributed by atoms with Crippen molar-refractivity contribution < 1.29 is 8.42 Å². The molecular formula is C19H22N4O2S. The van der Waals surface area contributed by atoms with Crippen molar-refractivity contribution in [2.24, 2.45) is 4.99 Å². The smallest absolute Gasteiger partial charge is 0.191 e. The summed E-state index contributed by atoms with van der Waals surface area (Å²) in [6, 6.07) is 16.4. The zero-order valence-corrected chi connectivity index (χ0v) is 15.7. The lowest BCUT2D eigenvalue weighted by Gasteiger charge is -2.12. The second-order valence-corrected chi connectivity index (χ2v) is 7.84. The number of nitrogens with one attached hydrogen (secondary N) is 2. The fraction of sp³-hybridized carbons (Fsp3) is 0.263. The Labute approximate surface area is 154 Å². The molecule has 0 radical (unpaired) electrons. The zero-order valence-electron chi connectivity index (χ0n) is 14.9. The van der Waals surface area contributed by atoms with Crippen molar-refractivity contribution >= 4 is 15.8 Å². The van der Waals surface area contributed by atoms with Crippen LogP contribution in [0.3, 0.4) is 0 Å². The van der Waals surface area contributed by atoms with Gasteiger partial charge in [-0.15, -0.1) is 0 Å². The lowest BCUT2D eigenvalue weighted by Crippen LogP contribution is -2.37. The van der Waals surface area contributed by atoms with Crippen LogP contribution in [-0.4, -0.2) is 34.2 Å². The molecule has 2 N–H and O–H groups in total. The van der Waals surface area contributed by atoms with Gasteiger partial charge < -0.3 is 10.6 Å². The highest BCUT2D eigenvalue weighted by atomic mass is 32.2. The van der Waals surface area contributed by atoms with Gasteiger partial charge in [0.25, 0.3) is 0 Å². The molecule has 26 heavy (non-hydrogen) atoms. The second-order valence-electron chi connectivity index (χ2n) is 5.83. The van der Waals surface area contributed by atoms with Crippen molar-refractivity contribution in [3.63, 3.8) is 0 Å². The molecule has 0 aromatic heterocycles. The minimum atomic E-state index is -3.16. The van der Waals surface area contributed by atoms with E-state index in [0.29, 0.717) is 29.5 Å². The van der Waals surface area contributed by atoms with E-state index in [-0.39, 0.29) is 0 Å². The predicted octanol–water partition coefficient (Wildman–Crippen LogP) is 1.87. The van der Waals surface area contributed by atoms with Crippen molar-refractivity contribution in [3.05, 3.63) is 65.2 Å². The summed E-state index contributed by atoms with van der Waals surface area (Å²) in [4.78, 5) is 4.51. The van der Waals surface area contributed by atoms with Gasteiger partial charge in [0, 0.05) is 26.4 Å². The first-order valence-corrected chi connectivity index (χ1v) is 10.0. The van der Waals surface area contributed by atoms with Gasteiger partial charge in [-0.05, 0) is 41.8 Å². The van der Waals surface area contributed by atoms with E-state index in [0.717, 1.165) is 17.5 Å². The number of nitriles is 1. The van der Waals surface area contributed by atoms with Gasteiger partial charge in [-0.3, -0.25) is 4.99 Å². The Hall–Kier alpha value is -2.85. The summed E-state index contributed by atoms with van der Waals surface area (Å²) in [6.07, 6.45) is 1.95. The summed E-state index contributed by atoms with van der Waals surface area (Å²) in [7, 11) is -1.45. The first kappa shape index (κ1) is 19.5. The summed E-state index contributed by atoms with van der Waals surface area (Å²) in [5, 5.41) is 15.2. The van der Waals surface area contributed by atoms with Crippen LogP contribution in [0.15, 0.2) is 58.4 Å². The molecule has 136 valence electrons. The van der Waals surface area contributed by atoms with Crippen molar-refractivity contribution in [1.82, 2.24) is 10.6 Å². The first-order valence-electron chi connectivity index (χ1n) is 8.15. The molecule has 7 heteroatoms. The SMILES string of the molecule is CN=C(NCCc1ccc(S(C)(=O)=O)cc1)NCc1ccc(C#N)cc1. The fourth-order valence-corrected chi connectivity index (χ4v) is 2.96. The van der Waals surface area contributed by atoms with Crippen LogP contribution in [-0.2, 0) is 22.8 Å². The largest absolute Gasteiger partial charge is 0.356 e. The molecule has 0 amide bonds. The third-order valence-electron chi connectivity index (χ3n) is 3.82. The van der Waals surface area contributed by atoms with Gasteiger partial charge in [-0.25, -0.2) is 8.42 Å². The molecule has 0 unspecified atom stereocenters. The van der Waals surface area contributed by atoms with Gasteiger partial charge in [0.2, 0.25) is 0 Å². The third kappa shape index (κ3) is 5.90. The maximum absolute atomic E-state index is 11.5. The van der Waals surface area contributed by atoms with Crippen molar-refractivity contribution in [3.8, 4) is 6.07 Å². The van der Waals surface area contributed by atoms with Crippen LogP contribution in [0.5, 0.6) is 0 Å². The van der Waals surface area contributed by atoms with Gasteiger partial charge in [-0.2, -0.15) is 5.26 Å². The van der Waals surface area contributed by atoms with Crippen LogP contribution in [0.25, 0.3) is 0 Å². The van der Waals surface area contributed by atoms with Crippen LogP contribution in [0.1, 0.15) is 16.7 Å². The maximum Gasteiger partial charge on any atom is 0.191 e. The van der Waals surface area contributed by atoms with E-state index < -0.39 is 9.84 Å². The Morgan fingerprint density at radius 1 is 1.04 bits per heavy atom. The van der Waals surface area contributed by atoms with Crippen LogP contribution in [0.2, 0.25) is 0 Å². The quantitative estimate of drug-likeness (QED) is 0.598. The molecule has 0 spiro atoms. The van der Waals surface area contributed by atoms with Crippen LogP contribution >= 0.6 is 0 Å². The number of aliphatic imine (C=N–C) groups is 1. The summed E-state index contributed by atoms with van der Waals surface area (Å²) < 4.78 is 22.9. The molecule has 0 aliphatic carbocycles. The van der Waals surface area contributed by atoms with E-state index in [1.807, 2.05) is 24.3 Å². The molecule has 0 saturated carbocycles. The van der Waals surface area contributed by atoms with E-state index in [4.69, 9.17) is 5.26 Å². The summed E-state index contributed by atoms with van der Waals surface area (Å²) in [6.45, 7) is 1.28. The average Bonchev–Trinajstić information content (AvgIpc) is 2.64. The molecule has 2 rings (SSSR count). The molecule has 6 nitrogen and oxygen atoms in total. The number of nitrogens with zero attached hydrogens (tertiary/aromatic N) is 2. The van der Waals surface area contributed by atoms with Crippen molar-refractivity contribution in [2.75, 3.05) is 19.8 Å². The highest BCUT2D eigenvalue weighted by Crippen LogP contribution is 2.10. The normalized spacial score (nSPS) is 11.7. The number of sulfone groups is 1. The Bertz CT molecular complexity index is 896. The fourth-order valence-electron chi connectivity index (χ4n) is 2.33. The molecule has 0 aliphatic heterocycles. The molecular weight excluding hydrogens is 348 g/mol. The molecule has 0 aliphatic rings. The third-order valence-corrected chi connectivity index (χ3v) is 4.95. The van der Waals surface area contributed by atoms with Crippen LogP contribution in [0, 0.1) is 11.3 Å². The van der Waals surface area contributed by atoms with E-state index in [9.17, 15) is 8.42 Å². The zero-order chi connectivity index (χ0) is 19.0. The molecule has 2 aromatic rings. The Morgan fingerprint density at radius 2 is 1.65 bits per heavy atom. The van der Waals surface area contributed by atoms with Crippen LogP contribution < -0.4 is 10.6 Å². The maximum atomic E-state index is 11.5. The molecule has 0 saturated heterocycles. The van der Waals surface area contributed by atoms with Gasteiger partial charge in [0.05, 0.1) is 16.5 Å². The first-order chi connectivity index (χ1) is 12.4. The number of rotatable bonds is 6. The number of benzene rings is 2. The Morgan fingerprint density at radius 3 is 2.19 bits per heavy atom. The highest BCUT2D eigenvalue weighted by Gasteiger charge is 2.06. The minimum Gasteiger partial charge on any atom is -0.356 e. The molecule has 0 fully saturated rings. The minimum absolute atomic E-state index is 0.328. The molecule has 0 bridgehead atoms. The molecule has 0 atom stereocenters. The average molecular weight is 370 g/mol. The van der Waals surface area contributed by atoms with E-state index >= 15 is 0 Å².